The number of aryl methyl sites for hydroxylation is 1. The van der Waals surface area contributed by atoms with Gasteiger partial charge >= 0.3 is 0 Å². The molecule has 1 aromatic carbocycles. The first-order chi connectivity index (χ1) is 14.6. The van der Waals surface area contributed by atoms with Gasteiger partial charge in [-0.05, 0) is 38.3 Å². The predicted octanol–water partition coefficient (Wildman–Crippen LogP) is 3.96. The van der Waals surface area contributed by atoms with Gasteiger partial charge in [-0.3, -0.25) is 0 Å². The van der Waals surface area contributed by atoms with E-state index in [-0.39, 0.29) is 6.04 Å². The van der Waals surface area contributed by atoms with Gasteiger partial charge in [0.1, 0.15) is 10.8 Å². The zero-order valence-electron chi connectivity index (χ0n) is 17.4. The van der Waals surface area contributed by atoms with Crippen molar-refractivity contribution in [3.63, 3.8) is 0 Å². The van der Waals surface area contributed by atoms with Crippen LogP contribution in [0.3, 0.4) is 0 Å². The third-order valence-electron chi connectivity index (χ3n) is 5.56. The van der Waals surface area contributed by atoms with E-state index in [1.165, 1.54) is 0 Å². The lowest BCUT2D eigenvalue weighted by Crippen LogP contribution is -2.34. The van der Waals surface area contributed by atoms with Crippen molar-refractivity contribution in [1.29, 1.82) is 0 Å². The summed E-state index contributed by atoms with van der Waals surface area (Å²) in [7, 11) is 0. The molecule has 3 aromatic rings. The fourth-order valence-electron chi connectivity index (χ4n) is 3.86. The van der Waals surface area contributed by atoms with Gasteiger partial charge in [-0.2, -0.15) is 4.98 Å². The summed E-state index contributed by atoms with van der Waals surface area (Å²) in [6.45, 7) is 4.96. The molecule has 0 amide bonds. The highest BCUT2D eigenvalue weighted by Gasteiger charge is 2.34. The second kappa shape index (κ2) is 9.24. The molecule has 1 fully saturated rings. The van der Waals surface area contributed by atoms with Gasteiger partial charge in [0, 0.05) is 6.54 Å². The van der Waals surface area contributed by atoms with Crippen LogP contribution in [0, 0.1) is 6.92 Å². The van der Waals surface area contributed by atoms with Crippen LogP contribution in [0.1, 0.15) is 44.7 Å². The Balaban J connectivity index is 1.69. The van der Waals surface area contributed by atoms with Gasteiger partial charge in [-0.1, -0.05) is 31.9 Å². The molecule has 1 aliphatic rings. The van der Waals surface area contributed by atoms with Crippen LogP contribution in [0.25, 0.3) is 20.8 Å². The van der Waals surface area contributed by atoms with Crippen LogP contribution < -0.4 is 10.6 Å². The Morgan fingerprint density at radius 1 is 1.10 bits per heavy atom. The van der Waals surface area contributed by atoms with Crippen LogP contribution in [-0.4, -0.2) is 50.0 Å². The van der Waals surface area contributed by atoms with Gasteiger partial charge in [0.2, 0.25) is 5.95 Å². The second-order valence-electron chi connectivity index (χ2n) is 7.86. The molecule has 0 aliphatic heterocycles. The average molecular weight is 428 g/mol. The minimum atomic E-state index is -0.815. The lowest BCUT2D eigenvalue weighted by atomic mass is 10.1. The molecular weight excluding hydrogens is 398 g/mol. The number of hydrogen-bond acceptors (Lipinski definition) is 8. The summed E-state index contributed by atoms with van der Waals surface area (Å²) in [4.78, 5) is 14.2. The molecule has 3 atom stereocenters. The van der Waals surface area contributed by atoms with E-state index in [9.17, 15) is 10.2 Å². The summed E-state index contributed by atoms with van der Waals surface area (Å²) in [5.74, 6) is 1.22. The molecule has 8 heteroatoms. The maximum Gasteiger partial charge on any atom is 0.224 e. The smallest absolute Gasteiger partial charge is 0.224 e. The number of aromatic nitrogens is 3. The van der Waals surface area contributed by atoms with Crippen LogP contribution in [0.15, 0.2) is 24.3 Å². The normalized spacial score (nSPS) is 21.3. The number of nitrogens with one attached hydrogen (secondary N) is 2. The summed E-state index contributed by atoms with van der Waals surface area (Å²) in [6.07, 6.45) is 3.12. The zero-order valence-corrected chi connectivity index (χ0v) is 18.2. The number of aliphatic hydroxyl groups is 2. The van der Waals surface area contributed by atoms with Crippen molar-refractivity contribution < 1.29 is 10.2 Å². The molecule has 160 valence electrons. The number of rotatable bonds is 8. The van der Waals surface area contributed by atoms with Crippen molar-refractivity contribution in [3.05, 3.63) is 30.0 Å². The quantitative estimate of drug-likeness (QED) is 0.404. The number of thiazole rings is 1. The van der Waals surface area contributed by atoms with Crippen molar-refractivity contribution in [3.8, 4) is 10.6 Å². The third kappa shape index (κ3) is 4.40. The Bertz CT molecular complexity index is 975. The lowest BCUT2D eigenvalue weighted by Gasteiger charge is -2.21. The number of aliphatic hydroxyl groups excluding tert-OH is 2. The van der Waals surface area contributed by atoms with Crippen LogP contribution in [0.4, 0.5) is 11.8 Å². The summed E-state index contributed by atoms with van der Waals surface area (Å²) in [5, 5.41) is 27.9. The number of fused-ring (bicyclic) bond motifs is 1. The maximum absolute atomic E-state index is 10.3. The number of benzene rings is 1. The molecule has 0 spiro atoms. The van der Waals surface area contributed by atoms with Crippen LogP contribution in [0.2, 0.25) is 0 Å². The van der Waals surface area contributed by atoms with Gasteiger partial charge in [0.25, 0.3) is 0 Å². The van der Waals surface area contributed by atoms with E-state index in [2.05, 4.69) is 28.6 Å². The van der Waals surface area contributed by atoms with E-state index in [0.717, 1.165) is 52.3 Å². The molecule has 7 nitrogen and oxygen atoms in total. The summed E-state index contributed by atoms with van der Waals surface area (Å²) in [5.41, 5.74) is 2.63. The molecule has 0 saturated heterocycles. The van der Waals surface area contributed by atoms with E-state index < -0.39 is 12.2 Å². The standard InChI is InChI=1S/C22H29N5O2S/c1-3-4-7-12-23-22-24-13(2)18(21-26-14-8-5-6-9-17(14)30-21)20(27-22)25-15-10-11-16(28)19(15)29/h5-6,8-9,15-16,19,28-29H,3-4,7,10-12H2,1-2H3,(H2,23,24,25,27)/t15-,16-,19+/m1/s1. The Labute approximate surface area is 180 Å². The monoisotopic (exact) mass is 427 g/mol. The van der Waals surface area contributed by atoms with Crippen molar-refractivity contribution in [1.82, 2.24) is 15.0 Å². The number of anilines is 2. The fraction of sp³-hybridized carbons (Fsp3) is 0.500. The molecule has 0 unspecified atom stereocenters. The predicted molar refractivity (Wildman–Crippen MR) is 122 cm³/mol. The second-order valence-corrected chi connectivity index (χ2v) is 8.89. The highest BCUT2D eigenvalue weighted by atomic mass is 32.1. The highest BCUT2D eigenvalue weighted by molar-refractivity contribution is 7.21. The zero-order chi connectivity index (χ0) is 21.1. The van der Waals surface area contributed by atoms with Gasteiger partial charge in [0.05, 0.1) is 39.7 Å². The number of hydrogen-bond donors (Lipinski definition) is 4. The Hall–Kier alpha value is -2.29. The first-order valence-corrected chi connectivity index (χ1v) is 11.5. The fourth-order valence-corrected chi connectivity index (χ4v) is 4.92. The van der Waals surface area contributed by atoms with Crippen molar-refractivity contribution >= 4 is 33.3 Å². The minimum absolute atomic E-state index is 0.254. The largest absolute Gasteiger partial charge is 0.390 e. The van der Waals surface area contributed by atoms with Crippen LogP contribution in [-0.2, 0) is 0 Å². The van der Waals surface area contributed by atoms with Crippen molar-refractivity contribution in [2.75, 3.05) is 17.2 Å². The van der Waals surface area contributed by atoms with Crippen molar-refractivity contribution in [2.45, 2.75) is 64.2 Å². The van der Waals surface area contributed by atoms with Crippen LogP contribution in [0.5, 0.6) is 0 Å². The lowest BCUT2D eigenvalue weighted by molar-refractivity contribution is 0.0391. The van der Waals surface area contributed by atoms with E-state index in [0.29, 0.717) is 24.6 Å². The van der Waals surface area contributed by atoms with Crippen LogP contribution >= 0.6 is 11.3 Å². The summed E-state index contributed by atoms with van der Waals surface area (Å²) in [6, 6.07) is 7.79. The van der Waals surface area contributed by atoms with Gasteiger partial charge in [-0.15, -0.1) is 11.3 Å². The topological polar surface area (TPSA) is 103 Å². The van der Waals surface area contributed by atoms with E-state index in [4.69, 9.17) is 9.97 Å². The molecule has 2 heterocycles. The molecule has 30 heavy (non-hydrogen) atoms. The Morgan fingerprint density at radius 2 is 1.93 bits per heavy atom. The first-order valence-electron chi connectivity index (χ1n) is 10.7. The minimum Gasteiger partial charge on any atom is -0.390 e. The average Bonchev–Trinajstić information content (AvgIpc) is 3.29. The van der Waals surface area contributed by atoms with E-state index in [1.54, 1.807) is 11.3 Å². The number of nitrogens with zero attached hydrogens (tertiary/aromatic N) is 3. The summed E-state index contributed by atoms with van der Waals surface area (Å²) < 4.78 is 1.11. The summed E-state index contributed by atoms with van der Waals surface area (Å²) >= 11 is 1.60. The SMILES string of the molecule is CCCCCNc1nc(C)c(-c2nc3ccccc3s2)c(N[C@@H]2CC[C@@H](O)[C@H]2O)n1. The molecule has 0 radical (unpaired) electrons. The molecule has 1 saturated carbocycles. The first kappa shape index (κ1) is 21.0. The van der Waals surface area contributed by atoms with Gasteiger partial charge in [-0.25, -0.2) is 9.97 Å². The Kier molecular flexibility index (Phi) is 6.46. The maximum atomic E-state index is 10.3. The van der Waals surface area contributed by atoms with Gasteiger partial charge < -0.3 is 20.8 Å². The Morgan fingerprint density at radius 3 is 2.67 bits per heavy atom. The number of unbranched alkanes of at least 4 members (excludes halogenated alkanes) is 2. The third-order valence-corrected chi connectivity index (χ3v) is 6.62. The van der Waals surface area contributed by atoms with Crippen molar-refractivity contribution in [2.24, 2.45) is 0 Å². The van der Waals surface area contributed by atoms with Gasteiger partial charge in [0.15, 0.2) is 0 Å². The molecule has 2 aromatic heterocycles. The highest BCUT2D eigenvalue weighted by Crippen LogP contribution is 2.37. The molecule has 4 N–H and O–H groups in total. The molecule has 0 bridgehead atoms. The van der Waals surface area contributed by atoms with E-state index in [1.807, 2.05) is 25.1 Å². The molecule has 1 aliphatic carbocycles. The van der Waals surface area contributed by atoms with E-state index >= 15 is 0 Å². The molecule has 4 rings (SSSR count). The molecular formula is C22H29N5O2S. The number of para-hydroxylation sites is 1.